The maximum Gasteiger partial charge on any atom is 0.324 e. The Kier molecular flexibility index (Phi) is 7.92. The Morgan fingerprint density at radius 1 is 0.930 bits per heavy atom. The van der Waals surface area contributed by atoms with Crippen LogP contribution in [0.5, 0.6) is 0 Å². The molecule has 0 aliphatic carbocycles. The molecule has 1 aliphatic heterocycles. The van der Waals surface area contributed by atoms with Gasteiger partial charge in [-0.3, -0.25) is 15.1 Å². The molecule has 2 N–H and O–H groups in total. The van der Waals surface area contributed by atoms with Crippen molar-refractivity contribution in [3.05, 3.63) is 84.7 Å². The number of halogens is 1. The highest BCUT2D eigenvalue weighted by molar-refractivity contribution is 5.99. The van der Waals surface area contributed by atoms with Crippen LogP contribution in [0.15, 0.2) is 73.2 Å². The number of hydrogen-bond donors (Lipinski definition) is 2. The van der Waals surface area contributed by atoms with Gasteiger partial charge < -0.3 is 15.0 Å². The number of rotatable bonds is 7. The van der Waals surface area contributed by atoms with Gasteiger partial charge in [-0.1, -0.05) is 12.1 Å². The molecule has 0 atom stereocenters. The van der Waals surface area contributed by atoms with Crippen LogP contribution in [0.3, 0.4) is 0 Å². The summed E-state index contributed by atoms with van der Waals surface area (Å²) in [4.78, 5) is 48.3. The number of aromatic nitrogens is 5. The third kappa shape index (κ3) is 6.44. The quantitative estimate of drug-likeness (QED) is 0.259. The third-order valence-corrected chi connectivity index (χ3v) is 6.83. The van der Waals surface area contributed by atoms with Crippen LogP contribution < -0.4 is 15.5 Å². The molecule has 1 fully saturated rings. The molecular weight excluding hydrogens is 551 g/mol. The van der Waals surface area contributed by atoms with Crippen molar-refractivity contribution in [1.29, 1.82) is 0 Å². The van der Waals surface area contributed by atoms with E-state index in [9.17, 15) is 14.0 Å². The van der Waals surface area contributed by atoms with Gasteiger partial charge in [0.05, 0.1) is 18.7 Å². The number of ether oxygens (including phenoxy) is 1. The van der Waals surface area contributed by atoms with E-state index >= 15 is 0 Å². The lowest BCUT2D eigenvalue weighted by Gasteiger charge is -2.28. The number of carbonyl (C=O) groups is 2. The molecule has 5 aromatic rings. The maximum atomic E-state index is 14.4. The normalized spacial score (nSPS) is 13.1. The zero-order valence-electron chi connectivity index (χ0n) is 23.2. The third-order valence-electron chi connectivity index (χ3n) is 6.83. The summed E-state index contributed by atoms with van der Waals surface area (Å²) in [6, 6.07) is 15.1. The Morgan fingerprint density at radius 2 is 1.72 bits per heavy atom. The average Bonchev–Trinajstić information content (AvgIpc) is 3.02. The van der Waals surface area contributed by atoms with Crippen molar-refractivity contribution in [1.82, 2.24) is 24.9 Å². The second-order valence-corrected chi connectivity index (χ2v) is 9.99. The lowest BCUT2D eigenvalue weighted by atomic mass is 10.1. The number of Topliss-reactive ketones (excluding diaryl/α,β-unsaturated/α-hetero) is 1. The fourth-order valence-corrected chi connectivity index (χ4v) is 4.75. The van der Waals surface area contributed by atoms with E-state index in [1.165, 1.54) is 13.1 Å². The predicted octanol–water partition coefficient (Wildman–Crippen LogP) is 4.90. The smallest absolute Gasteiger partial charge is 0.324 e. The number of carbonyl (C=O) groups excluding carboxylic acids is 2. The number of ketones is 1. The largest absolute Gasteiger partial charge is 0.378 e. The molecule has 216 valence electrons. The molecule has 43 heavy (non-hydrogen) atoms. The minimum absolute atomic E-state index is 0.0703. The highest BCUT2D eigenvalue weighted by Crippen LogP contribution is 2.30. The first kappa shape index (κ1) is 27.8. The monoisotopic (exact) mass is 578 g/mol. The number of hydrogen-bond acceptors (Lipinski definition) is 9. The lowest BCUT2D eigenvalue weighted by Crippen LogP contribution is -2.37. The zero-order chi connectivity index (χ0) is 29.8. The Hall–Kier alpha value is -5.36. The first-order valence-corrected chi connectivity index (χ1v) is 13.7. The summed E-state index contributed by atoms with van der Waals surface area (Å²) in [6.07, 6.45) is 4.92. The first-order chi connectivity index (χ1) is 20.9. The minimum atomic E-state index is -0.590. The summed E-state index contributed by atoms with van der Waals surface area (Å²) in [5, 5.41) is 5.46. The molecule has 0 bridgehead atoms. The molecule has 11 nitrogen and oxygen atoms in total. The Labute approximate surface area is 246 Å². The van der Waals surface area contributed by atoms with Crippen LogP contribution in [0.1, 0.15) is 12.5 Å². The van der Waals surface area contributed by atoms with Crippen molar-refractivity contribution < 1.29 is 18.7 Å². The number of fused-ring (bicyclic) bond motifs is 1. The number of nitrogens with zero attached hydrogens (tertiary/aromatic N) is 6. The molecule has 1 aliphatic rings. The van der Waals surface area contributed by atoms with Gasteiger partial charge in [0.2, 0.25) is 5.95 Å². The molecule has 0 unspecified atom stereocenters. The highest BCUT2D eigenvalue weighted by atomic mass is 19.1. The van der Waals surface area contributed by atoms with Gasteiger partial charge in [0.25, 0.3) is 0 Å². The molecule has 0 radical (unpaired) electrons. The molecule has 4 aromatic heterocycles. The van der Waals surface area contributed by atoms with E-state index in [-0.39, 0.29) is 5.78 Å². The van der Waals surface area contributed by atoms with Crippen molar-refractivity contribution >= 4 is 40.2 Å². The molecule has 2 amide bonds. The number of anilines is 3. The van der Waals surface area contributed by atoms with Crippen molar-refractivity contribution in [2.24, 2.45) is 0 Å². The topological polar surface area (TPSA) is 135 Å². The number of morpholine rings is 1. The van der Waals surface area contributed by atoms with Crippen LogP contribution in [0, 0.1) is 5.95 Å². The number of urea groups is 1. The van der Waals surface area contributed by atoms with Gasteiger partial charge in [0, 0.05) is 60.5 Å². The van der Waals surface area contributed by atoms with Crippen LogP contribution in [0.25, 0.3) is 33.5 Å². The van der Waals surface area contributed by atoms with Crippen LogP contribution >= 0.6 is 0 Å². The van der Waals surface area contributed by atoms with Gasteiger partial charge in [-0.2, -0.15) is 4.39 Å². The number of pyridine rings is 3. The molecule has 1 aromatic carbocycles. The summed E-state index contributed by atoms with van der Waals surface area (Å²) in [6.45, 7) is 3.94. The second kappa shape index (κ2) is 12.2. The SMILES string of the molecule is CC(=O)Cc1ccc(NC(=O)Nc2ccc(-c3nc(N4CCOCC4)c4ncc(-c5cccnc5F)cc4n3)cn2)cc1. The van der Waals surface area contributed by atoms with Crippen molar-refractivity contribution in [3.63, 3.8) is 0 Å². The minimum Gasteiger partial charge on any atom is -0.378 e. The van der Waals surface area contributed by atoms with E-state index in [1.54, 1.807) is 67.0 Å². The number of amides is 2. The van der Waals surface area contributed by atoms with E-state index in [1.807, 2.05) is 0 Å². The predicted molar refractivity (Wildman–Crippen MR) is 160 cm³/mol. The average molecular weight is 579 g/mol. The Bertz CT molecular complexity index is 1790. The molecule has 12 heteroatoms. The lowest BCUT2D eigenvalue weighted by molar-refractivity contribution is -0.116. The fourth-order valence-electron chi connectivity index (χ4n) is 4.75. The Morgan fingerprint density at radius 3 is 2.44 bits per heavy atom. The van der Waals surface area contributed by atoms with E-state index in [0.717, 1.165) is 5.56 Å². The second-order valence-electron chi connectivity index (χ2n) is 9.99. The summed E-state index contributed by atoms with van der Waals surface area (Å²) in [5.41, 5.74) is 4.10. The molecule has 0 saturated carbocycles. The van der Waals surface area contributed by atoms with Crippen molar-refractivity contribution in [3.8, 4) is 22.5 Å². The van der Waals surface area contributed by atoms with Gasteiger partial charge in [-0.05, 0) is 55.0 Å². The van der Waals surface area contributed by atoms with Crippen LogP contribution in [-0.2, 0) is 16.0 Å². The zero-order valence-corrected chi connectivity index (χ0v) is 23.2. The summed E-state index contributed by atoms with van der Waals surface area (Å²) < 4.78 is 20.0. The van der Waals surface area contributed by atoms with E-state index in [4.69, 9.17) is 14.7 Å². The highest BCUT2D eigenvalue weighted by Gasteiger charge is 2.20. The summed E-state index contributed by atoms with van der Waals surface area (Å²) >= 11 is 0. The van der Waals surface area contributed by atoms with Crippen molar-refractivity contribution in [2.75, 3.05) is 41.8 Å². The fraction of sp³-hybridized carbons (Fsp3) is 0.194. The molecule has 5 heterocycles. The van der Waals surface area contributed by atoms with Gasteiger partial charge in [-0.25, -0.2) is 24.7 Å². The van der Waals surface area contributed by atoms with E-state index in [0.29, 0.717) is 83.6 Å². The van der Waals surface area contributed by atoms with Gasteiger partial charge in [-0.15, -0.1) is 0 Å². The van der Waals surface area contributed by atoms with Crippen LogP contribution in [0.4, 0.5) is 26.5 Å². The standard InChI is InChI=1S/C31H27FN8O3/c1-19(41)15-20-4-7-23(8-5-20)36-31(42)38-26-9-6-21(17-34-26)29-37-25-16-22(24-3-2-10-33-28(24)32)18-35-27(25)30(39-29)40-11-13-43-14-12-40/h2-10,16-18H,11-15H2,1H3,(H2,34,36,38,42). The molecule has 1 saturated heterocycles. The van der Waals surface area contributed by atoms with Crippen LogP contribution in [-0.4, -0.2) is 63.0 Å². The molecule has 6 rings (SSSR count). The summed E-state index contributed by atoms with van der Waals surface area (Å²) in [7, 11) is 0. The Balaban J connectivity index is 1.25. The van der Waals surface area contributed by atoms with E-state index < -0.39 is 12.0 Å². The van der Waals surface area contributed by atoms with E-state index in [2.05, 4.69) is 30.5 Å². The summed E-state index contributed by atoms with van der Waals surface area (Å²) in [5.74, 6) is 0.874. The number of benzene rings is 1. The van der Waals surface area contributed by atoms with Crippen LogP contribution in [0.2, 0.25) is 0 Å². The number of nitrogens with one attached hydrogen (secondary N) is 2. The van der Waals surface area contributed by atoms with Crippen molar-refractivity contribution in [2.45, 2.75) is 13.3 Å². The maximum absolute atomic E-state index is 14.4. The molecular formula is C31H27FN8O3. The molecule has 0 spiro atoms. The van der Waals surface area contributed by atoms with Gasteiger partial charge in [0.1, 0.15) is 17.1 Å². The first-order valence-electron chi connectivity index (χ1n) is 13.7. The van der Waals surface area contributed by atoms with Gasteiger partial charge >= 0.3 is 6.03 Å². The van der Waals surface area contributed by atoms with Gasteiger partial charge in [0.15, 0.2) is 11.6 Å².